The van der Waals surface area contributed by atoms with Crippen LogP contribution in [0.5, 0.6) is 0 Å². The largest absolute Gasteiger partial charge is 0.444 e. The fourth-order valence-corrected chi connectivity index (χ4v) is 4.57. The number of ether oxygens (including phenoxy) is 2. The normalized spacial score (nSPS) is 16.2. The van der Waals surface area contributed by atoms with Gasteiger partial charge in [0, 0.05) is 34.5 Å². The van der Waals surface area contributed by atoms with Crippen molar-refractivity contribution in [1.29, 1.82) is 0 Å². The fourth-order valence-electron chi connectivity index (χ4n) is 4.32. The van der Waals surface area contributed by atoms with Crippen LogP contribution < -0.4 is 0 Å². The van der Waals surface area contributed by atoms with Gasteiger partial charge in [0.15, 0.2) is 0 Å². The number of piperidine rings is 1. The molecule has 0 unspecified atom stereocenters. The van der Waals surface area contributed by atoms with Crippen molar-refractivity contribution in [2.75, 3.05) is 19.7 Å². The molecular weight excluding hydrogens is 445 g/mol. The summed E-state index contributed by atoms with van der Waals surface area (Å²) in [5, 5.41) is 8.65. The minimum atomic E-state index is -0.541. The maximum absolute atomic E-state index is 13.6. The average molecular weight is 474 g/mol. The van der Waals surface area contributed by atoms with Gasteiger partial charge in [-0.1, -0.05) is 23.7 Å². The Kier molecular flexibility index (Phi) is 6.64. The number of carbonyl (C=O) groups is 1. The molecule has 6 nitrogen and oxygen atoms in total. The highest BCUT2D eigenvalue weighted by molar-refractivity contribution is 6.31. The first kappa shape index (κ1) is 23.5. The van der Waals surface area contributed by atoms with Crippen molar-refractivity contribution in [3.63, 3.8) is 0 Å². The molecule has 1 N–H and O–H groups in total. The number of aromatic nitrogens is 2. The van der Waals surface area contributed by atoms with E-state index in [1.807, 2.05) is 45.0 Å². The highest BCUT2D eigenvalue weighted by atomic mass is 35.5. The van der Waals surface area contributed by atoms with Gasteiger partial charge in [0.05, 0.1) is 24.9 Å². The van der Waals surface area contributed by atoms with Crippen LogP contribution in [0.4, 0.5) is 9.18 Å². The number of rotatable bonds is 5. The highest BCUT2D eigenvalue weighted by Gasteiger charge is 2.39. The Hall–Kier alpha value is -2.64. The number of likely N-dealkylation sites (tertiary alicyclic amines) is 1. The van der Waals surface area contributed by atoms with Crippen LogP contribution in [0, 0.1) is 5.82 Å². The summed E-state index contributed by atoms with van der Waals surface area (Å²) in [5.41, 5.74) is 1.95. The molecule has 3 aromatic rings. The van der Waals surface area contributed by atoms with E-state index in [1.54, 1.807) is 11.1 Å². The van der Waals surface area contributed by atoms with E-state index in [2.05, 4.69) is 10.2 Å². The molecule has 0 spiro atoms. The molecule has 8 heteroatoms. The second kappa shape index (κ2) is 9.31. The highest BCUT2D eigenvalue weighted by Crippen LogP contribution is 2.37. The Labute approximate surface area is 198 Å². The van der Waals surface area contributed by atoms with Crippen molar-refractivity contribution < 1.29 is 18.7 Å². The molecule has 0 bridgehead atoms. The third-order valence-corrected chi connectivity index (χ3v) is 6.28. The standard InChI is InChI=1S/C25H29ClFN3O3/c1-24(2,3)33-23(31)30-10-8-25(9-11-30,19-4-6-21(27)7-5-19)16-32-15-18-13-20(26)12-17-14-28-29-22(17)18/h4-7,12-14H,8-11,15-16H2,1-3H3,(H,28,29). The quantitative estimate of drug-likeness (QED) is 0.505. The van der Waals surface area contributed by atoms with Gasteiger partial charge in [0.1, 0.15) is 11.4 Å². The molecule has 2 heterocycles. The number of nitrogens with one attached hydrogen (secondary N) is 1. The van der Waals surface area contributed by atoms with Gasteiger partial charge in [-0.2, -0.15) is 5.10 Å². The molecule has 1 aliphatic rings. The minimum absolute atomic E-state index is 0.276. The molecule has 1 amide bonds. The minimum Gasteiger partial charge on any atom is -0.444 e. The van der Waals surface area contributed by atoms with Crippen molar-refractivity contribution in [3.8, 4) is 0 Å². The number of hydrogen-bond donors (Lipinski definition) is 1. The van der Waals surface area contributed by atoms with Gasteiger partial charge in [-0.25, -0.2) is 9.18 Å². The first-order valence-corrected chi connectivity index (χ1v) is 11.5. The van der Waals surface area contributed by atoms with Crippen molar-refractivity contribution in [1.82, 2.24) is 15.1 Å². The Morgan fingerprint density at radius 3 is 2.58 bits per heavy atom. The van der Waals surface area contributed by atoms with Crippen LogP contribution in [0.25, 0.3) is 10.9 Å². The van der Waals surface area contributed by atoms with Gasteiger partial charge < -0.3 is 14.4 Å². The SMILES string of the molecule is CC(C)(C)OC(=O)N1CCC(COCc2cc(Cl)cc3cn[nH]c23)(c2ccc(F)cc2)CC1. The van der Waals surface area contributed by atoms with Gasteiger partial charge in [-0.15, -0.1) is 0 Å². The van der Waals surface area contributed by atoms with Gasteiger partial charge in [0.2, 0.25) is 0 Å². The summed E-state index contributed by atoms with van der Waals surface area (Å²) in [6.45, 7) is 7.45. The molecule has 0 saturated carbocycles. The third-order valence-electron chi connectivity index (χ3n) is 6.06. The number of halogens is 2. The predicted octanol–water partition coefficient (Wildman–Crippen LogP) is 5.84. The van der Waals surface area contributed by atoms with Crippen molar-refractivity contribution in [3.05, 3.63) is 64.6 Å². The molecule has 4 rings (SSSR count). The molecule has 1 aliphatic heterocycles. The van der Waals surface area contributed by atoms with Gasteiger partial charge >= 0.3 is 6.09 Å². The molecule has 1 fully saturated rings. The Morgan fingerprint density at radius 1 is 1.21 bits per heavy atom. The van der Waals surface area contributed by atoms with Gasteiger partial charge in [-0.3, -0.25) is 5.10 Å². The molecule has 0 aliphatic carbocycles. The lowest BCUT2D eigenvalue weighted by Crippen LogP contribution is -2.48. The lowest BCUT2D eigenvalue weighted by Gasteiger charge is -2.42. The number of H-pyrrole nitrogens is 1. The van der Waals surface area contributed by atoms with Crippen LogP contribution in [-0.4, -0.2) is 46.5 Å². The van der Waals surface area contributed by atoms with E-state index in [0.717, 1.165) is 22.0 Å². The lowest BCUT2D eigenvalue weighted by atomic mass is 9.73. The van der Waals surface area contributed by atoms with Crippen molar-refractivity contribution in [2.24, 2.45) is 0 Å². The summed E-state index contributed by atoms with van der Waals surface area (Å²) in [6.07, 6.45) is 2.80. The average Bonchev–Trinajstić information content (AvgIpc) is 3.22. The van der Waals surface area contributed by atoms with Crippen LogP contribution in [0.1, 0.15) is 44.7 Å². The van der Waals surface area contributed by atoms with Gasteiger partial charge in [-0.05, 0) is 63.4 Å². The number of nitrogens with zero attached hydrogens (tertiary/aromatic N) is 2. The number of aromatic amines is 1. The van der Waals surface area contributed by atoms with E-state index in [9.17, 15) is 9.18 Å². The zero-order chi connectivity index (χ0) is 23.6. The van der Waals surface area contributed by atoms with E-state index in [1.165, 1.54) is 12.1 Å². The molecule has 1 saturated heterocycles. The molecular formula is C25H29ClFN3O3. The van der Waals surface area contributed by atoms with E-state index in [-0.39, 0.29) is 17.3 Å². The lowest BCUT2D eigenvalue weighted by molar-refractivity contribution is 0.00342. The first-order valence-electron chi connectivity index (χ1n) is 11.1. The summed E-state index contributed by atoms with van der Waals surface area (Å²) < 4.78 is 25.4. The molecule has 176 valence electrons. The molecule has 33 heavy (non-hydrogen) atoms. The van der Waals surface area contributed by atoms with E-state index in [0.29, 0.717) is 44.2 Å². The summed E-state index contributed by atoms with van der Waals surface area (Å²) in [7, 11) is 0. The third kappa shape index (κ3) is 5.47. The second-order valence-corrected chi connectivity index (χ2v) is 10.1. The summed E-state index contributed by atoms with van der Waals surface area (Å²) in [4.78, 5) is 14.3. The van der Waals surface area contributed by atoms with Crippen molar-refractivity contribution >= 4 is 28.6 Å². The predicted molar refractivity (Wildman–Crippen MR) is 126 cm³/mol. The maximum Gasteiger partial charge on any atom is 0.410 e. The smallest absolute Gasteiger partial charge is 0.410 e. The fraction of sp³-hybridized carbons (Fsp3) is 0.440. The van der Waals surface area contributed by atoms with Crippen LogP contribution in [0.15, 0.2) is 42.6 Å². The Morgan fingerprint density at radius 2 is 1.91 bits per heavy atom. The van der Waals surface area contributed by atoms with Crippen LogP contribution in [0.2, 0.25) is 5.02 Å². The van der Waals surface area contributed by atoms with Gasteiger partial charge in [0.25, 0.3) is 0 Å². The summed E-state index contributed by atoms with van der Waals surface area (Å²) in [5.74, 6) is -0.276. The number of carbonyl (C=O) groups excluding carboxylic acids is 1. The van der Waals surface area contributed by atoms with E-state index >= 15 is 0 Å². The van der Waals surface area contributed by atoms with Crippen LogP contribution >= 0.6 is 11.6 Å². The number of hydrogen-bond acceptors (Lipinski definition) is 4. The van der Waals surface area contributed by atoms with Crippen molar-refractivity contribution in [2.45, 2.75) is 51.2 Å². The first-order chi connectivity index (χ1) is 15.7. The monoisotopic (exact) mass is 473 g/mol. The summed E-state index contributed by atoms with van der Waals surface area (Å²) >= 11 is 6.26. The van der Waals surface area contributed by atoms with E-state index < -0.39 is 5.60 Å². The topological polar surface area (TPSA) is 67.4 Å². The zero-order valence-corrected chi connectivity index (χ0v) is 19.9. The molecule has 0 atom stereocenters. The molecule has 0 radical (unpaired) electrons. The molecule has 1 aromatic heterocycles. The Balaban J connectivity index is 1.49. The van der Waals surface area contributed by atoms with E-state index in [4.69, 9.17) is 21.1 Å². The van der Waals surface area contributed by atoms with Crippen LogP contribution in [0.3, 0.4) is 0 Å². The number of amides is 1. The molecule has 2 aromatic carbocycles. The maximum atomic E-state index is 13.6. The number of fused-ring (bicyclic) bond motifs is 1. The second-order valence-electron chi connectivity index (χ2n) is 9.65. The summed E-state index contributed by atoms with van der Waals surface area (Å²) in [6, 6.07) is 10.3. The van der Waals surface area contributed by atoms with Crippen LogP contribution in [-0.2, 0) is 21.5 Å². The number of benzene rings is 2. The zero-order valence-electron chi connectivity index (χ0n) is 19.2. The Bertz CT molecular complexity index is 1120.